The van der Waals surface area contributed by atoms with Gasteiger partial charge in [0.15, 0.2) is 0 Å². The number of ketones is 1. The van der Waals surface area contributed by atoms with E-state index in [2.05, 4.69) is 13.8 Å². The molecule has 0 saturated heterocycles. The lowest BCUT2D eigenvalue weighted by Crippen LogP contribution is -2.25. The molecule has 2 rings (SSSR count). The van der Waals surface area contributed by atoms with E-state index >= 15 is 0 Å². The Morgan fingerprint density at radius 1 is 1.60 bits per heavy atom. The molecule has 2 saturated carbocycles. The van der Waals surface area contributed by atoms with Crippen LogP contribution in [0.5, 0.6) is 0 Å². The van der Waals surface area contributed by atoms with Crippen LogP contribution in [0.4, 0.5) is 0 Å². The molecule has 0 aromatic carbocycles. The molecule has 0 N–H and O–H groups in total. The molecule has 10 heavy (non-hydrogen) atoms. The second-order valence-electron chi connectivity index (χ2n) is 4.13. The van der Waals surface area contributed by atoms with Crippen molar-refractivity contribution in [1.82, 2.24) is 0 Å². The zero-order valence-corrected chi connectivity index (χ0v) is 6.68. The maximum Gasteiger partial charge on any atom is 0.136 e. The molecule has 0 aliphatic heterocycles. The molecular formula is C9H14O. The summed E-state index contributed by atoms with van der Waals surface area (Å²) >= 11 is 0. The fourth-order valence-corrected chi connectivity index (χ4v) is 2.33. The Kier molecular flexibility index (Phi) is 1.04. The quantitative estimate of drug-likeness (QED) is 0.500. The van der Waals surface area contributed by atoms with Crippen molar-refractivity contribution in [2.75, 3.05) is 0 Å². The number of fused-ring (bicyclic) bond motifs is 1. The number of rotatable bonds is 0. The second-order valence-corrected chi connectivity index (χ2v) is 4.13. The minimum atomic E-state index is 0.353. The van der Waals surface area contributed by atoms with Crippen LogP contribution in [0.2, 0.25) is 0 Å². The summed E-state index contributed by atoms with van der Waals surface area (Å²) in [5.41, 5.74) is 0.426. The molecule has 56 valence electrons. The molecule has 0 spiro atoms. The first-order valence-electron chi connectivity index (χ1n) is 4.17. The molecule has 1 nitrogen and oxygen atoms in total. The molecule has 0 amide bonds. The lowest BCUT2D eigenvalue weighted by Gasteiger charge is -2.23. The van der Waals surface area contributed by atoms with Crippen molar-refractivity contribution >= 4 is 5.78 Å². The van der Waals surface area contributed by atoms with Gasteiger partial charge in [0.25, 0.3) is 0 Å². The Hall–Kier alpha value is -0.330. The second kappa shape index (κ2) is 1.63. The number of Topliss-reactive ketones (excluding diaryl/α,β-unsaturated/α-hetero) is 1. The first kappa shape index (κ1) is 6.38. The molecule has 0 aromatic rings. The molecular weight excluding hydrogens is 124 g/mol. The zero-order chi connectivity index (χ0) is 7.35. The van der Waals surface area contributed by atoms with Gasteiger partial charge >= 0.3 is 0 Å². The van der Waals surface area contributed by atoms with E-state index in [1.54, 1.807) is 0 Å². The van der Waals surface area contributed by atoms with Crippen molar-refractivity contribution in [2.45, 2.75) is 33.1 Å². The summed E-state index contributed by atoms with van der Waals surface area (Å²) in [7, 11) is 0. The Bertz CT molecular complexity index is 185. The van der Waals surface area contributed by atoms with E-state index in [4.69, 9.17) is 0 Å². The Morgan fingerprint density at radius 2 is 2.30 bits per heavy atom. The zero-order valence-electron chi connectivity index (χ0n) is 6.68. The van der Waals surface area contributed by atoms with E-state index in [1.165, 1.54) is 12.8 Å². The third-order valence-corrected chi connectivity index (χ3v) is 3.67. The van der Waals surface area contributed by atoms with Gasteiger partial charge in [-0.2, -0.15) is 0 Å². The smallest absolute Gasteiger partial charge is 0.136 e. The van der Waals surface area contributed by atoms with Crippen LogP contribution in [0.25, 0.3) is 0 Å². The third kappa shape index (κ3) is 0.609. The average Bonchev–Trinajstić information content (AvgIpc) is 2.55. The van der Waals surface area contributed by atoms with Crippen molar-refractivity contribution < 1.29 is 4.79 Å². The molecule has 3 unspecified atom stereocenters. The molecule has 0 aromatic heterocycles. The van der Waals surface area contributed by atoms with Gasteiger partial charge < -0.3 is 0 Å². The average molecular weight is 138 g/mol. The topological polar surface area (TPSA) is 17.1 Å². The third-order valence-electron chi connectivity index (χ3n) is 3.67. The van der Waals surface area contributed by atoms with Crippen LogP contribution in [0, 0.1) is 17.3 Å². The SMILES string of the molecule is CC1C(=O)CCC2CC21C. The van der Waals surface area contributed by atoms with Crippen LogP contribution in [0.1, 0.15) is 33.1 Å². The summed E-state index contributed by atoms with van der Waals surface area (Å²) in [5, 5.41) is 0. The number of carbonyl (C=O) groups is 1. The van der Waals surface area contributed by atoms with Gasteiger partial charge in [-0.3, -0.25) is 4.79 Å². The molecule has 2 fully saturated rings. The van der Waals surface area contributed by atoms with Gasteiger partial charge in [0.05, 0.1) is 0 Å². The van der Waals surface area contributed by atoms with Crippen LogP contribution in [-0.4, -0.2) is 5.78 Å². The van der Waals surface area contributed by atoms with E-state index in [0.717, 1.165) is 12.3 Å². The van der Waals surface area contributed by atoms with Crippen LogP contribution in [0.15, 0.2) is 0 Å². The highest BCUT2D eigenvalue weighted by molar-refractivity contribution is 5.83. The molecule has 1 heteroatoms. The van der Waals surface area contributed by atoms with Gasteiger partial charge in [0, 0.05) is 12.3 Å². The van der Waals surface area contributed by atoms with Gasteiger partial charge in [-0.05, 0) is 24.2 Å². The Labute approximate surface area is 61.8 Å². The fraction of sp³-hybridized carbons (Fsp3) is 0.889. The fourth-order valence-electron chi connectivity index (χ4n) is 2.33. The maximum atomic E-state index is 11.2. The van der Waals surface area contributed by atoms with Gasteiger partial charge in [0.1, 0.15) is 5.78 Å². The van der Waals surface area contributed by atoms with E-state index < -0.39 is 0 Å². The van der Waals surface area contributed by atoms with Crippen LogP contribution >= 0.6 is 0 Å². The summed E-state index contributed by atoms with van der Waals surface area (Å²) in [4.78, 5) is 11.2. The standard InChI is InChI=1S/C9H14O/c1-6-8(10)4-3-7-5-9(6,7)2/h6-7H,3-5H2,1-2H3. The normalized spacial score (nSPS) is 52.4. The lowest BCUT2D eigenvalue weighted by molar-refractivity contribution is -0.126. The number of carbonyl (C=O) groups excluding carboxylic acids is 1. The van der Waals surface area contributed by atoms with E-state index in [9.17, 15) is 4.79 Å². The van der Waals surface area contributed by atoms with Crippen molar-refractivity contribution in [3.8, 4) is 0 Å². The first-order valence-corrected chi connectivity index (χ1v) is 4.17. The van der Waals surface area contributed by atoms with Crippen molar-refractivity contribution in [1.29, 1.82) is 0 Å². The van der Waals surface area contributed by atoms with Crippen molar-refractivity contribution in [3.05, 3.63) is 0 Å². The number of hydrogen-bond donors (Lipinski definition) is 0. The minimum absolute atomic E-state index is 0.353. The van der Waals surface area contributed by atoms with Crippen LogP contribution in [-0.2, 0) is 4.79 Å². The van der Waals surface area contributed by atoms with Crippen LogP contribution < -0.4 is 0 Å². The summed E-state index contributed by atoms with van der Waals surface area (Å²) in [6.45, 7) is 4.36. The minimum Gasteiger partial charge on any atom is -0.299 e. The van der Waals surface area contributed by atoms with Gasteiger partial charge in [-0.15, -0.1) is 0 Å². The monoisotopic (exact) mass is 138 g/mol. The van der Waals surface area contributed by atoms with Crippen LogP contribution in [0.3, 0.4) is 0 Å². The predicted molar refractivity (Wildman–Crippen MR) is 39.6 cm³/mol. The first-order chi connectivity index (χ1) is 4.64. The lowest BCUT2D eigenvalue weighted by atomic mass is 9.80. The molecule has 0 radical (unpaired) electrons. The van der Waals surface area contributed by atoms with E-state index in [-0.39, 0.29) is 0 Å². The van der Waals surface area contributed by atoms with Gasteiger partial charge in [-0.25, -0.2) is 0 Å². The Morgan fingerprint density at radius 3 is 2.90 bits per heavy atom. The Balaban J connectivity index is 2.20. The van der Waals surface area contributed by atoms with Crippen molar-refractivity contribution in [3.63, 3.8) is 0 Å². The molecule has 0 heterocycles. The molecule has 2 aliphatic rings. The summed E-state index contributed by atoms with van der Waals surface area (Å²) in [6, 6.07) is 0. The molecule has 2 aliphatic carbocycles. The predicted octanol–water partition coefficient (Wildman–Crippen LogP) is 2.01. The molecule has 3 atom stereocenters. The summed E-state index contributed by atoms with van der Waals surface area (Å²) in [6.07, 6.45) is 3.32. The highest BCUT2D eigenvalue weighted by Gasteiger charge is 2.57. The summed E-state index contributed by atoms with van der Waals surface area (Å²) < 4.78 is 0. The molecule has 0 bridgehead atoms. The van der Waals surface area contributed by atoms with Crippen molar-refractivity contribution in [2.24, 2.45) is 17.3 Å². The number of hydrogen-bond acceptors (Lipinski definition) is 1. The maximum absolute atomic E-state index is 11.2. The van der Waals surface area contributed by atoms with Gasteiger partial charge in [-0.1, -0.05) is 13.8 Å². The highest BCUT2D eigenvalue weighted by atomic mass is 16.1. The van der Waals surface area contributed by atoms with E-state index in [0.29, 0.717) is 17.1 Å². The van der Waals surface area contributed by atoms with Gasteiger partial charge in [0.2, 0.25) is 0 Å². The highest BCUT2D eigenvalue weighted by Crippen LogP contribution is 2.62. The summed E-state index contributed by atoms with van der Waals surface area (Å²) in [5.74, 6) is 1.74. The largest absolute Gasteiger partial charge is 0.299 e. The van der Waals surface area contributed by atoms with E-state index in [1.807, 2.05) is 0 Å².